The maximum atomic E-state index is 9.67. The van der Waals surface area contributed by atoms with Crippen LogP contribution in [-0.2, 0) is 0 Å². The van der Waals surface area contributed by atoms with Crippen molar-refractivity contribution in [3.8, 4) is 34.3 Å². The van der Waals surface area contributed by atoms with E-state index in [0.29, 0.717) is 12.6 Å². The van der Waals surface area contributed by atoms with E-state index >= 15 is 0 Å². The van der Waals surface area contributed by atoms with E-state index in [1.54, 1.807) is 18.2 Å². The number of phenols is 1. The Morgan fingerprint density at radius 2 is 1.55 bits per heavy atom. The van der Waals surface area contributed by atoms with Crippen molar-refractivity contribution in [1.29, 1.82) is 0 Å². The van der Waals surface area contributed by atoms with Crippen molar-refractivity contribution in [1.82, 2.24) is 24.8 Å². The number of likely N-dealkylation sites (tertiary alicyclic amines) is 1. The Morgan fingerprint density at radius 3 is 2.18 bits per heavy atom. The molecule has 6 rings (SSSR count). The largest absolute Gasteiger partial charge is 0.508 e. The second-order valence-electron chi connectivity index (χ2n) is 8.72. The quantitative estimate of drug-likeness (QED) is 0.360. The van der Waals surface area contributed by atoms with Gasteiger partial charge in [0, 0.05) is 29.3 Å². The average molecular weight is 440 g/mol. The zero-order chi connectivity index (χ0) is 22.4. The van der Waals surface area contributed by atoms with Crippen molar-refractivity contribution in [3.05, 3.63) is 60.7 Å². The van der Waals surface area contributed by atoms with Crippen LogP contribution in [0.2, 0.25) is 0 Å². The van der Waals surface area contributed by atoms with Gasteiger partial charge in [-0.05, 0) is 50.7 Å². The number of H-pyrrole nitrogens is 2. The van der Waals surface area contributed by atoms with Crippen LogP contribution in [0.1, 0.15) is 12.8 Å². The van der Waals surface area contributed by atoms with Crippen LogP contribution in [-0.4, -0.2) is 56.2 Å². The minimum atomic E-state index is 0.220. The lowest BCUT2D eigenvalue weighted by atomic mass is 10.1. The molecule has 7 heteroatoms. The summed E-state index contributed by atoms with van der Waals surface area (Å²) >= 11 is 0. The van der Waals surface area contributed by atoms with E-state index in [4.69, 9.17) is 9.72 Å². The first-order valence-corrected chi connectivity index (χ1v) is 11.2. The van der Waals surface area contributed by atoms with Crippen LogP contribution in [0.25, 0.3) is 44.8 Å². The average Bonchev–Trinajstić information content (AvgIpc) is 3.55. The summed E-state index contributed by atoms with van der Waals surface area (Å²) in [6.07, 6.45) is 2.44. The standard InChI is InChI=1S/C26H25N5O2/c1-31-12-2-3-18(31)15-33-20-9-11-22-24(14-20)30-26(28-22)17-6-4-16(5-7-17)25-27-21-10-8-19(32)13-23(21)29-25/h4-11,13-14,18,32H,2-3,12,15H2,1H3,(H,27,29)(H,28,30)/t18-/m0/s1. The summed E-state index contributed by atoms with van der Waals surface area (Å²) in [5.74, 6) is 2.67. The molecule has 0 amide bonds. The molecule has 0 aliphatic carbocycles. The van der Waals surface area contributed by atoms with Gasteiger partial charge in [-0.25, -0.2) is 9.97 Å². The second kappa shape index (κ2) is 7.94. The van der Waals surface area contributed by atoms with Crippen LogP contribution in [0.3, 0.4) is 0 Å². The number of phenolic OH excluding ortho intramolecular Hbond substituents is 1. The third-order valence-electron chi connectivity index (χ3n) is 6.46. The Labute approximate surface area is 191 Å². The zero-order valence-corrected chi connectivity index (χ0v) is 18.4. The van der Waals surface area contributed by atoms with Gasteiger partial charge in [-0.3, -0.25) is 0 Å². The Bertz CT molecular complexity index is 1440. The molecule has 0 unspecified atom stereocenters. The summed E-state index contributed by atoms with van der Waals surface area (Å²) in [5.41, 5.74) is 5.47. The van der Waals surface area contributed by atoms with Gasteiger partial charge in [0.1, 0.15) is 29.8 Å². The Hall–Kier alpha value is -3.84. The van der Waals surface area contributed by atoms with E-state index in [1.807, 2.05) is 42.5 Å². The first-order valence-electron chi connectivity index (χ1n) is 11.2. The molecule has 1 aliphatic heterocycles. The van der Waals surface area contributed by atoms with Crippen molar-refractivity contribution < 1.29 is 9.84 Å². The van der Waals surface area contributed by atoms with Crippen LogP contribution >= 0.6 is 0 Å². The number of imidazole rings is 2. The lowest BCUT2D eigenvalue weighted by Gasteiger charge is -2.19. The fourth-order valence-corrected chi connectivity index (χ4v) is 4.52. The molecule has 1 aliphatic rings. The van der Waals surface area contributed by atoms with Gasteiger partial charge in [0.2, 0.25) is 0 Å². The van der Waals surface area contributed by atoms with Crippen LogP contribution in [0.4, 0.5) is 0 Å². The molecular formula is C26H25N5O2. The molecule has 0 saturated carbocycles. The minimum Gasteiger partial charge on any atom is -0.508 e. The summed E-state index contributed by atoms with van der Waals surface area (Å²) in [6.45, 7) is 1.86. The van der Waals surface area contributed by atoms with Gasteiger partial charge in [-0.2, -0.15) is 0 Å². The highest BCUT2D eigenvalue weighted by molar-refractivity contribution is 5.82. The number of aromatic nitrogens is 4. The van der Waals surface area contributed by atoms with Crippen molar-refractivity contribution in [3.63, 3.8) is 0 Å². The highest BCUT2D eigenvalue weighted by atomic mass is 16.5. The highest BCUT2D eigenvalue weighted by Crippen LogP contribution is 2.28. The van der Waals surface area contributed by atoms with Gasteiger partial charge in [-0.1, -0.05) is 24.3 Å². The molecule has 1 saturated heterocycles. The van der Waals surface area contributed by atoms with Gasteiger partial charge in [0.25, 0.3) is 0 Å². The number of fused-ring (bicyclic) bond motifs is 2. The van der Waals surface area contributed by atoms with E-state index in [2.05, 4.69) is 26.9 Å². The molecule has 5 aromatic rings. The molecule has 1 fully saturated rings. The predicted octanol–water partition coefficient (Wildman–Crippen LogP) is 4.95. The van der Waals surface area contributed by atoms with Crippen molar-refractivity contribution in [2.45, 2.75) is 18.9 Å². The Kier molecular flexibility index (Phi) is 4.77. The van der Waals surface area contributed by atoms with E-state index < -0.39 is 0 Å². The van der Waals surface area contributed by atoms with Crippen LogP contribution in [0.15, 0.2) is 60.7 Å². The molecule has 0 spiro atoms. The van der Waals surface area contributed by atoms with E-state index in [-0.39, 0.29) is 5.75 Å². The van der Waals surface area contributed by atoms with Crippen molar-refractivity contribution in [2.75, 3.05) is 20.2 Å². The summed E-state index contributed by atoms with van der Waals surface area (Å²) in [6, 6.07) is 19.7. The van der Waals surface area contributed by atoms with Gasteiger partial charge in [0.15, 0.2) is 0 Å². The molecule has 2 aromatic heterocycles. The first-order chi connectivity index (χ1) is 16.1. The van der Waals surface area contributed by atoms with E-state index in [9.17, 15) is 5.11 Å². The van der Waals surface area contributed by atoms with Crippen LogP contribution in [0, 0.1) is 0 Å². The van der Waals surface area contributed by atoms with Crippen molar-refractivity contribution >= 4 is 22.1 Å². The lowest BCUT2D eigenvalue weighted by Crippen LogP contribution is -2.30. The number of nitrogens with zero attached hydrogens (tertiary/aromatic N) is 3. The Balaban J connectivity index is 1.22. The number of hydrogen-bond donors (Lipinski definition) is 3. The zero-order valence-electron chi connectivity index (χ0n) is 18.4. The minimum absolute atomic E-state index is 0.220. The molecule has 1 atom stereocenters. The van der Waals surface area contributed by atoms with E-state index in [0.717, 1.165) is 57.1 Å². The summed E-state index contributed by atoms with van der Waals surface area (Å²) in [7, 11) is 2.16. The predicted molar refractivity (Wildman–Crippen MR) is 129 cm³/mol. The smallest absolute Gasteiger partial charge is 0.138 e. The number of ether oxygens (including phenoxy) is 1. The van der Waals surface area contributed by atoms with Gasteiger partial charge in [-0.15, -0.1) is 0 Å². The first kappa shape index (κ1) is 19.8. The van der Waals surface area contributed by atoms with Crippen LogP contribution in [0.5, 0.6) is 11.5 Å². The maximum Gasteiger partial charge on any atom is 0.138 e. The number of likely N-dealkylation sites (N-methyl/N-ethyl adjacent to an activating group) is 1. The molecule has 33 heavy (non-hydrogen) atoms. The number of benzene rings is 3. The van der Waals surface area contributed by atoms with Gasteiger partial charge >= 0.3 is 0 Å². The molecule has 0 radical (unpaired) electrons. The number of hydrogen-bond acceptors (Lipinski definition) is 5. The Morgan fingerprint density at radius 1 is 0.909 bits per heavy atom. The van der Waals surface area contributed by atoms with Gasteiger partial charge < -0.3 is 24.7 Å². The number of aromatic amines is 2. The van der Waals surface area contributed by atoms with Gasteiger partial charge in [0.05, 0.1) is 22.1 Å². The molecule has 7 nitrogen and oxygen atoms in total. The number of aromatic hydroxyl groups is 1. The normalized spacial score (nSPS) is 16.7. The van der Waals surface area contributed by atoms with Crippen LogP contribution < -0.4 is 4.74 Å². The molecular weight excluding hydrogens is 414 g/mol. The molecule has 3 N–H and O–H groups in total. The summed E-state index contributed by atoms with van der Waals surface area (Å²) in [4.78, 5) is 18.4. The molecule has 3 aromatic carbocycles. The molecule has 3 heterocycles. The topological polar surface area (TPSA) is 90.1 Å². The molecule has 166 valence electrons. The number of nitrogens with one attached hydrogen (secondary N) is 2. The fraction of sp³-hybridized carbons (Fsp3) is 0.231. The fourth-order valence-electron chi connectivity index (χ4n) is 4.52. The third kappa shape index (κ3) is 3.81. The SMILES string of the molecule is CN1CCC[C@H]1COc1ccc2nc(-c3ccc(-c4nc5ccc(O)cc5[nH]4)cc3)[nH]c2c1. The van der Waals surface area contributed by atoms with Crippen molar-refractivity contribution in [2.24, 2.45) is 0 Å². The lowest BCUT2D eigenvalue weighted by molar-refractivity contribution is 0.198. The third-order valence-corrected chi connectivity index (χ3v) is 6.46. The monoisotopic (exact) mass is 439 g/mol. The second-order valence-corrected chi connectivity index (χ2v) is 8.72. The number of rotatable bonds is 5. The molecule has 0 bridgehead atoms. The summed E-state index contributed by atoms with van der Waals surface area (Å²) < 4.78 is 6.06. The summed E-state index contributed by atoms with van der Waals surface area (Å²) in [5, 5.41) is 9.67. The highest BCUT2D eigenvalue weighted by Gasteiger charge is 2.21. The maximum absolute atomic E-state index is 9.67. The van der Waals surface area contributed by atoms with E-state index in [1.165, 1.54) is 12.8 Å².